The van der Waals surface area contributed by atoms with Crippen LogP contribution in [0, 0.1) is 40.6 Å². The van der Waals surface area contributed by atoms with E-state index in [1.165, 1.54) is 0 Å². The van der Waals surface area contributed by atoms with Gasteiger partial charge in [-0.05, 0) is 0 Å². The second-order valence-electron chi connectivity index (χ2n) is 4.41. The van der Waals surface area contributed by atoms with E-state index in [-0.39, 0.29) is 24.2 Å². The van der Waals surface area contributed by atoms with Gasteiger partial charge in [-0.2, -0.15) is 0 Å². The number of ether oxygens (including phenoxy) is 1. The summed E-state index contributed by atoms with van der Waals surface area (Å²) in [6.45, 7) is 7.59. The van der Waals surface area contributed by atoms with E-state index in [4.69, 9.17) is 4.74 Å². The molecule has 0 aliphatic rings. The summed E-state index contributed by atoms with van der Waals surface area (Å²) >= 11 is -1.40. The van der Waals surface area contributed by atoms with E-state index in [0.29, 0.717) is 7.24 Å². The predicted molar refractivity (Wildman–Crippen MR) is 63.4 cm³/mol. The van der Waals surface area contributed by atoms with Crippen LogP contribution in [0.2, 0.25) is 1.96 Å². The molecule has 3 unspecified atom stereocenters. The molecule has 4 nitrogen and oxygen atoms in total. The molecule has 0 radical (unpaired) electrons. The van der Waals surface area contributed by atoms with Crippen molar-refractivity contribution in [3.63, 3.8) is 0 Å². The van der Waals surface area contributed by atoms with Crippen molar-refractivity contribution in [2.45, 2.75) is 60.8 Å². The molecule has 5 heteroatoms. The molecular formula is C12H23NO3Ra. The summed E-state index contributed by atoms with van der Waals surface area (Å²) < 4.78 is 8.00. The Morgan fingerprint density at radius 3 is 2.35 bits per heavy atom. The second-order valence-corrected chi connectivity index (χ2v) is 10.2. The maximum absolute atomic E-state index is 11.5. The van der Waals surface area contributed by atoms with Gasteiger partial charge >= 0.3 is 128 Å². The average molecular weight is 455 g/mol. The van der Waals surface area contributed by atoms with Crippen molar-refractivity contribution < 1.29 is 54.9 Å². The molecule has 0 rings (SSSR count). The molecule has 0 aliphatic carbocycles. The average Bonchev–Trinajstić information content (AvgIpc) is 2.27. The van der Waals surface area contributed by atoms with Gasteiger partial charge in [-0.1, -0.05) is 0 Å². The van der Waals surface area contributed by atoms with Gasteiger partial charge < -0.3 is 0 Å². The van der Waals surface area contributed by atoms with Crippen LogP contribution in [-0.4, -0.2) is 25.0 Å². The quantitative estimate of drug-likeness (QED) is 0.607. The minimum atomic E-state index is -1.40. The first-order valence-corrected chi connectivity index (χ1v) is 15.1. The number of amides is 1. The molecule has 0 aromatic heterocycles. The summed E-state index contributed by atoms with van der Waals surface area (Å²) in [6, 6.07) is -0.0568. The van der Waals surface area contributed by atoms with Crippen LogP contribution in [0.3, 0.4) is 0 Å². The van der Waals surface area contributed by atoms with Gasteiger partial charge in [0.05, 0.1) is 0 Å². The molecule has 0 bridgehead atoms. The van der Waals surface area contributed by atoms with Crippen molar-refractivity contribution in [2.75, 3.05) is 0 Å². The van der Waals surface area contributed by atoms with Crippen LogP contribution in [-0.2, 0) is 14.3 Å². The van der Waals surface area contributed by atoms with Crippen LogP contribution in [0.15, 0.2) is 0 Å². The Balaban J connectivity index is 4.08. The van der Waals surface area contributed by atoms with Gasteiger partial charge in [-0.3, -0.25) is 0 Å². The summed E-state index contributed by atoms with van der Waals surface area (Å²) in [5.74, 6) is 0.0467. The van der Waals surface area contributed by atoms with Crippen molar-refractivity contribution >= 4 is 6.73 Å². The fourth-order valence-corrected chi connectivity index (χ4v) is 4.23. The van der Waals surface area contributed by atoms with Crippen molar-refractivity contribution in [3.05, 3.63) is 0 Å². The third kappa shape index (κ3) is 7.56. The molecule has 0 saturated carbocycles. The van der Waals surface area contributed by atoms with E-state index in [9.17, 15) is 9.59 Å². The number of carbonyl (C=O) groups is 2. The van der Waals surface area contributed by atoms with Gasteiger partial charge in [0.15, 0.2) is 0 Å². The van der Waals surface area contributed by atoms with Crippen molar-refractivity contribution in [3.8, 4) is 0 Å². The van der Waals surface area contributed by atoms with Gasteiger partial charge in [-0.25, -0.2) is 0 Å². The zero-order valence-electron chi connectivity index (χ0n) is 11.6. The topological polar surface area (TPSA) is 55.4 Å². The Kier molecular flexibility index (Phi) is 9.81. The third-order valence-electron chi connectivity index (χ3n) is 2.79. The molecule has 1 amide bonds. The molecule has 96 valence electrons. The molecule has 0 spiro atoms. The van der Waals surface area contributed by atoms with Crippen molar-refractivity contribution in [2.24, 2.45) is 0 Å². The Hall–Kier alpha value is 0.568. The molecule has 3 atom stereocenters. The zero-order valence-corrected chi connectivity index (χ0v) is 17.4. The zero-order chi connectivity index (χ0) is 13.4. The van der Waals surface area contributed by atoms with E-state index < -0.39 is 40.6 Å². The van der Waals surface area contributed by atoms with Gasteiger partial charge in [-0.15, -0.1) is 0 Å². The Bertz CT molecular complexity index is 258. The normalized spacial score (nSPS) is 15.6. The summed E-state index contributed by atoms with van der Waals surface area (Å²) in [7, 11) is 0. The fraction of sp³-hybridized carbons (Fsp3) is 0.833. The summed E-state index contributed by atoms with van der Waals surface area (Å²) in [4.78, 5) is 22.9. The first-order chi connectivity index (χ1) is 7.92. The standard InChI is InChI=1S/C11H20NO3.CH3.Ra/c1-5-6-11(14)12-9(3)10(4)15-8(2)7-13;;/h8-10H,5-6H2,1-4H3,(H,12,14);1H3;. The Labute approximate surface area is 126 Å². The van der Waals surface area contributed by atoms with Crippen LogP contribution >= 0.6 is 0 Å². The SMILES string of the molecule is CCCC(=O)NC(C)C(C)OC(C)[C](=O)[Ra][CH3]. The van der Waals surface area contributed by atoms with Crippen LogP contribution in [0.25, 0.3) is 0 Å². The molecule has 0 aromatic carbocycles. The van der Waals surface area contributed by atoms with E-state index >= 15 is 0 Å². The van der Waals surface area contributed by atoms with Crippen molar-refractivity contribution in [1.29, 1.82) is 0 Å². The molecule has 0 fully saturated rings. The van der Waals surface area contributed by atoms with Crippen molar-refractivity contribution in [1.82, 2.24) is 5.32 Å². The first kappa shape index (κ1) is 17.6. The van der Waals surface area contributed by atoms with E-state index in [0.717, 1.165) is 6.42 Å². The molecule has 0 aromatic rings. The van der Waals surface area contributed by atoms with Gasteiger partial charge in [0.2, 0.25) is 0 Å². The molecule has 0 saturated heterocycles. The molecule has 17 heavy (non-hydrogen) atoms. The maximum atomic E-state index is 11.5. The number of hydrogen-bond donors (Lipinski definition) is 1. The first-order valence-electron chi connectivity index (χ1n) is 6.39. The van der Waals surface area contributed by atoms with Crippen LogP contribution < -0.4 is 5.32 Å². The van der Waals surface area contributed by atoms with E-state index in [1.807, 2.05) is 29.7 Å². The van der Waals surface area contributed by atoms with Gasteiger partial charge in [0, 0.05) is 0 Å². The second kappa shape index (κ2) is 9.49. The molecule has 1 N–H and O–H groups in total. The molecular weight excluding hydrogens is 432 g/mol. The minimum absolute atomic E-state index is 0.0467. The number of carbonyl (C=O) groups excluding carboxylic acids is 2. The molecule has 0 heterocycles. The number of hydrogen-bond acceptors (Lipinski definition) is 3. The van der Waals surface area contributed by atoms with Crippen LogP contribution in [0.1, 0.15) is 40.5 Å². The number of nitrogens with one attached hydrogen (secondary N) is 1. The summed E-state index contributed by atoms with van der Waals surface area (Å²) in [6.07, 6.45) is 0.952. The predicted octanol–water partition coefficient (Wildman–Crippen LogP) is 1.74. The Morgan fingerprint density at radius 1 is 1.29 bits per heavy atom. The summed E-state index contributed by atoms with van der Waals surface area (Å²) in [5.41, 5.74) is 0. The van der Waals surface area contributed by atoms with Crippen LogP contribution in [0.4, 0.5) is 0 Å². The fourth-order valence-electron chi connectivity index (χ4n) is 1.47. The summed E-state index contributed by atoms with van der Waals surface area (Å²) in [5, 5.41) is 2.89. The Morgan fingerprint density at radius 2 is 1.88 bits per heavy atom. The van der Waals surface area contributed by atoms with Crippen LogP contribution in [0.5, 0.6) is 0 Å². The van der Waals surface area contributed by atoms with Gasteiger partial charge in [0.1, 0.15) is 0 Å². The monoisotopic (exact) mass is 455 g/mol. The third-order valence-corrected chi connectivity index (χ3v) is 8.02. The van der Waals surface area contributed by atoms with E-state index in [2.05, 4.69) is 5.32 Å². The van der Waals surface area contributed by atoms with Gasteiger partial charge in [0.25, 0.3) is 0 Å². The molecule has 0 aliphatic heterocycles. The van der Waals surface area contributed by atoms with E-state index in [1.54, 1.807) is 0 Å². The number of rotatable bonds is 8.